The Morgan fingerprint density at radius 3 is 2.65 bits per heavy atom. The lowest BCUT2D eigenvalue weighted by Gasteiger charge is -2.48. The van der Waals surface area contributed by atoms with E-state index in [1.54, 1.807) is 0 Å². The Labute approximate surface area is 139 Å². The first-order valence-electron chi connectivity index (χ1n) is 8.52. The minimum Gasteiger partial charge on any atom is -0.342 e. The van der Waals surface area contributed by atoms with Crippen LogP contribution in [0.25, 0.3) is 0 Å². The zero-order valence-electron chi connectivity index (χ0n) is 14.2. The number of likely N-dealkylation sites (N-methyl/N-ethyl adjacent to an activating group) is 2. The fourth-order valence-corrected chi connectivity index (χ4v) is 4.23. The van der Waals surface area contributed by atoms with Crippen molar-refractivity contribution in [2.45, 2.75) is 19.3 Å². The van der Waals surface area contributed by atoms with Gasteiger partial charge >= 0.3 is 0 Å². The van der Waals surface area contributed by atoms with Crippen LogP contribution >= 0.6 is 0 Å². The molecule has 3 aliphatic heterocycles. The van der Waals surface area contributed by atoms with Gasteiger partial charge in [0.05, 0.1) is 0 Å². The Morgan fingerprint density at radius 1 is 1.09 bits per heavy atom. The van der Waals surface area contributed by atoms with Gasteiger partial charge in [0, 0.05) is 63.2 Å². The average molecular weight is 310 g/mol. The zero-order valence-corrected chi connectivity index (χ0v) is 14.2. The predicted octanol–water partition coefficient (Wildman–Crippen LogP) is 2.14. The maximum Gasteiger partial charge on any atom is 0.159 e. The first-order chi connectivity index (χ1) is 11.1. The van der Waals surface area contributed by atoms with Crippen LogP contribution in [0.1, 0.15) is 12.0 Å². The molecule has 0 amide bonds. The lowest BCUT2D eigenvalue weighted by Crippen LogP contribution is -2.54. The third kappa shape index (κ3) is 2.46. The monoisotopic (exact) mass is 310 g/mol. The third-order valence-corrected chi connectivity index (χ3v) is 5.48. The molecular formula is C19H26N4. The van der Waals surface area contributed by atoms with Gasteiger partial charge in [0.15, 0.2) is 6.29 Å². The third-order valence-electron chi connectivity index (χ3n) is 5.48. The second kappa shape index (κ2) is 5.69. The maximum absolute atomic E-state index is 4.40. The Morgan fingerprint density at radius 2 is 1.87 bits per heavy atom. The standard InChI is InChI=1S/C19H26N4/c1-15-17-14-22(13-16-7-5-4-6-8-16)10-9-18(17)23-12-11-20(2)19(23)21(15)3/h4-8,19H,1,9-14H2,2-3H3. The molecule has 0 aliphatic carbocycles. The fourth-order valence-electron chi connectivity index (χ4n) is 4.23. The van der Waals surface area contributed by atoms with Crippen LogP contribution in [-0.2, 0) is 6.54 Å². The average Bonchev–Trinajstić information content (AvgIpc) is 2.95. The van der Waals surface area contributed by atoms with Crippen molar-refractivity contribution in [3.8, 4) is 0 Å². The molecule has 4 heteroatoms. The van der Waals surface area contributed by atoms with Crippen LogP contribution in [0.15, 0.2) is 53.9 Å². The summed E-state index contributed by atoms with van der Waals surface area (Å²) < 4.78 is 0. The van der Waals surface area contributed by atoms with Crippen molar-refractivity contribution in [2.75, 3.05) is 40.3 Å². The smallest absolute Gasteiger partial charge is 0.159 e. The second-order valence-corrected chi connectivity index (χ2v) is 6.95. The van der Waals surface area contributed by atoms with E-state index in [9.17, 15) is 0 Å². The van der Waals surface area contributed by atoms with Crippen molar-refractivity contribution in [1.82, 2.24) is 19.6 Å². The van der Waals surface area contributed by atoms with E-state index in [1.165, 1.54) is 22.5 Å². The summed E-state index contributed by atoms with van der Waals surface area (Å²) in [5, 5.41) is 0. The quantitative estimate of drug-likeness (QED) is 0.829. The van der Waals surface area contributed by atoms with E-state index in [0.29, 0.717) is 6.29 Å². The Bertz CT molecular complexity index is 636. The van der Waals surface area contributed by atoms with Gasteiger partial charge in [-0.15, -0.1) is 0 Å². The van der Waals surface area contributed by atoms with Gasteiger partial charge in [-0.05, 0) is 12.6 Å². The van der Waals surface area contributed by atoms with E-state index in [-0.39, 0.29) is 0 Å². The highest BCUT2D eigenvalue weighted by Crippen LogP contribution is 2.37. The van der Waals surface area contributed by atoms with Crippen LogP contribution in [0, 0.1) is 0 Å². The molecule has 0 bridgehead atoms. The van der Waals surface area contributed by atoms with Gasteiger partial charge in [0.1, 0.15) is 0 Å². The summed E-state index contributed by atoms with van der Waals surface area (Å²) in [5.74, 6) is 0. The normalized spacial score (nSPS) is 25.8. The second-order valence-electron chi connectivity index (χ2n) is 6.95. The molecule has 3 aliphatic rings. The molecule has 0 spiro atoms. The van der Waals surface area contributed by atoms with E-state index >= 15 is 0 Å². The van der Waals surface area contributed by atoms with E-state index in [0.717, 1.165) is 39.1 Å². The Kier molecular flexibility index (Phi) is 3.66. The van der Waals surface area contributed by atoms with Gasteiger partial charge < -0.3 is 9.80 Å². The molecule has 1 aromatic carbocycles. The van der Waals surface area contributed by atoms with Crippen molar-refractivity contribution < 1.29 is 0 Å². The summed E-state index contributed by atoms with van der Waals surface area (Å²) in [6.07, 6.45) is 1.50. The van der Waals surface area contributed by atoms with Gasteiger partial charge in [-0.25, -0.2) is 0 Å². The summed E-state index contributed by atoms with van der Waals surface area (Å²) >= 11 is 0. The number of benzene rings is 1. The summed E-state index contributed by atoms with van der Waals surface area (Å²) in [7, 11) is 4.40. The Hall–Kier alpha value is -1.78. The van der Waals surface area contributed by atoms with Gasteiger partial charge in [-0.1, -0.05) is 36.9 Å². The van der Waals surface area contributed by atoms with Crippen LogP contribution in [-0.4, -0.2) is 66.2 Å². The molecule has 0 aromatic heterocycles. The van der Waals surface area contributed by atoms with E-state index in [2.05, 4.69) is 70.6 Å². The molecule has 23 heavy (non-hydrogen) atoms. The van der Waals surface area contributed by atoms with E-state index in [1.807, 2.05) is 0 Å². The molecule has 3 heterocycles. The van der Waals surface area contributed by atoms with Crippen molar-refractivity contribution in [3.05, 3.63) is 59.4 Å². The first kappa shape index (κ1) is 14.8. The molecule has 4 rings (SSSR count). The Balaban J connectivity index is 1.57. The highest BCUT2D eigenvalue weighted by molar-refractivity contribution is 5.39. The molecule has 1 aromatic rings. The van der Waals surface area contributed by atoms with Gasteiger partial charge in [-0.3, -0.25) is 9.80 Å². The molecule has 4 nitrogen and oxygen atoms in total. The number of hydrogen-bond donors (Lipinski definition) is 0. The van der Waals surface area contributed by atoms with E-state index < -0.39 is 0 Å². The van der Waals surface area contributed by atoms with Crippen molar-refractivity contribution in [3.63, 3.8) is 0 Å². The molecular weight excluding hydrogens is 284 g/mol. The SMILES string of the molecule is C=C1C2=C(CCN(Cc3ccccc3)C2)N2CCN(C)C2N1C. The van der Waals surface area contributed by atoms with Crippen molar-refractivity contribution in [1.29, 1.82) is 0 Å². The van der Waals surface area contributed by atoms with Gasteiger partial charge in [0.25, 0.3) is 0 Å². The van der Waals surface area contributed by atoms with Crippen LogP contribution in [0.3, 0.4) is 0 Å². The highest BCUT2D eigenvalue weighted by Gasteiger charge is 2.41. The lowest BCUT2D eigenvalue weighted by atomic mass is 9.98. The molecule has 1 atom stereocenters. The number of rotatable bonds is 2. The zero-order chi connectivity index (χ0) is 16.0. The van der Waals surface area contributed by atoms with E-state index in [4.69, 9.17) is 0 Å². The largest absolute Gasteiger partial charge is 0.342 e. The summed E-state index contributed by atoms with van der Waals surface area (Å²) in [5.41, 5.74) is 5.57. The minimum atomic E-state index is 0.363. The molecule has 1 fully saturated rings. The summed E-state index contributed by atoms with van der Waals surface area (Å²) in [4.78, 5) is 9.90. The van der Waals surface area contributed by atoms with Crippen LogP contribution in [0.4, 0.5) is 0 Å². The summed E-state index contributed by atoms with van der Waals surface area (Å²) in [6.45, 7) is 9.85. The highest BCUT2D eigenvalue weighted by atomic mass is 15.6. The molecule has 1 unspecified atom stereocenters. The topological polar surface area (TPSA) is 13.0 Å². The molecule has 122 valence electrons. The van der Waals surface area contributed by atoms with Crippen molar-refractivity contribution >= 4 is 0 Å². The molecule has 1 saturated heterocycles. The van der Waals surface area contributed by atoms with Crippen molar-refractivity contribution in [2.24, 2.45) is 0 Å². The number of hydrogen-bond acceptors (Lipinski definition) is 4. The molecule has 0 saturated carbocycles. The minimum absolute atomic E-state index is 0.363. The first-order valence-corrected chi connectivity index (χ1v) is 8.52. The lowest BCUT2D eigenvalue weighted by molar-refractivity contribution is 0.0381. The van der Waals surface area contributed by atoms with Crippen LogP contribution in [0.2, 0.25) is 0 Å². The number of fused-ring (bicyclic) bond motifs is 2. The number of nitrogens with zero attached hydrogens (tertiary/aromatic N) is 4. The summed E-state index contributed by atoms with van der Waals surface area (Å²) in [6, 6.07) is 10.8. The fraction of sp³-hybridized carbons (Fsp3) is 0.474. The maximum atomic E-state index is 4.40. The molecule has 0 radical (unpaired) electrons. The predicted molar refractivity (Wildman–Crippen MR) is 93.4 cm³/mol. The van der Waals surface area contributed by atoms with Crippen LogP contribution in [0.5, 0.6) is 0 Å². The molecule has 0 N–H and O–H groups in total. The van der Waals surface area contributed by atoms with Crippen LogP contribution < -0.4 is 0 Å². The van der Waals surface area contributed by atoms with Gasteiger partial charge in [-0.2, -0.15) is 0 Å². The van der Waals surface area contributed by atoms with Gasteiger partial charge in [0.2, 0.25) is 0 Å².